The Hall–Kier alpha value is -1.24. The van der Waals surface area contributed by atoms with Gasteiger partial charge in [0.15, 0.2) is 0 Å². The van der Waals surface area contributed by atoms with Gasteiger partial charge < -0.3 is 4.74 Å². The van der Waals surface area contributed by atoms with E-state index >= 15 is 0 Å². The number of rotatable bonds is 4. The minimum absolute atomic E-state index is 0.520. The van der Waals surface area contributed by atoms with Crippen molar-refractivity contribution >= 4 is 0 Å². The van der Waals surface area contributed by atoms with Gasteiger partial charge in [-0.1, -0.05) is 25.1 Å². The zero-order valence-electron chi connectivity index (χ0n) is 8.29. The molecule has 1 atom stereocenters. The maximum absolute atomic E-state index is 5.14. The summed E-state index contributed by atoms with van der Waals surface area (Å²) < 4.78 is 5.14. The fourth-order valence-electron chi connectivity index (χ4n) is 1.25. The van der Waals surface area contributed by atoms with Gasteiger partial charge in [0.25, 0.3) is 0 Å². The molecule has 0 heterocycles. The molecule has 70 valence electrons. The fourth-order valence-corrected chi connectivity index (χ4v) is 1.25. The molecule has 1 aromatic rings. The lowest BCUT2D eigenvalue weighted by atomic mass is 10.0. The Morgan fingerprint density at radius 3 is 2.92 bits per heavy atom. The number of ether oxygens (including phenoxy) is 1. The summed E-state index contributed by atoms with van der Waals surface area (Å²) in [5.41, 5.74) is 1.30. The smallest absolute Gasteiger partial charge is 0.119 e. The average molecular weight is 176 g/mol. The molecular weight excluding hydrogens is 160 g/mol. The van der Waals surface area contributed by atoms with E-state index in [1.807, 2.05) is 18.2 Å². The van der Waals surface area contributed by atoms with Crippen LogP contribution in [0.1, 0.15) is 12.5 Å². The lowest BCUT2D eigenvalue weighted by molar-refractivity contribution is 0.414. The second kappa shape index (κ2) is 4.70. The molecule has 1 heteroatoms. The molecule has 1 rings (SSSR count). The van der Waals surface area contributed by atoms with Crippen LogP contribution in [0, 0.1) is 5.92 Å². The normalized spacial score (nSPS) is 12.2. The molecule has 0 N–H and O–H groups in total. The van der Waals surface area contributed by atoms with Gasteiger partial charge in [0.2, 0.25) is 0 Å². The van der Waals surface area contributed by atoms with Crippen LogP contribution in [0.15, 0.2) is 36.9 Å². The van der Waals surface area contributed by atoms with Crippen molar-refractivity contribution in [1.82, 2.24) is 0 Å². The largest absolute Gasteiger partial charge is 0.497 e. The van der Waals surface area contributed by atoms with Crippen molar-refractivity contribution < 1.29 is 4.74 Å². The molecule has 0 aliphatic carbocycles. The predicted molar refractivity (Wildman–Crippen MR) is 56.1 cm³/mol. The molecule has 0 aromatic heterocycles. The zero-order chi connectivity index (χ0) is 9.68. The summed E-state index contributed by atoms with van der Waals surface area (Å²) in [5, 5.41) is 0. The predicted octanol–water partition coefficient (Wildman–Crippen LogP) is 3.06. The minimum Gasteiger partial charge on any atom is -0.497 e. The molecule has 0 saturated heterocycles. The topological polar surface area (TPSA) is 9.23 Å². The Labute approximate surface area is 80.0 Å². The Bertz CT molecular complexity index is 278. The molecular formula is C12H16O. The molecule has 0 aliphatic heterocycles. The standard InChI is InChI=1S/C12H16O/c1-4-10(2)8-11-6-5-7-12(9-11)13-3/h4-7,9-10H,1,8H2,2-3H3. The number of hydrogen-bond donors (Lipinski definition) is 0. The maximum Gasteiger partial charge on any atom is 0.119 e. The van der Waals surface area contributed by atoms with E-state index in [0.717, 1.165) is 12.2 Å². The Morgan fingerprint density at radius 2 is 2.31 bits per heavy atom. The van der Waals surface area contributed by atoms with E-state index < -0.39 is 0 Å². The molecule has 1 nitrogen and oxygen atoms in total. The highest BCUT2D eigenvalue weighted by Crippen LogP contribution is 2.15. The van der Waals surface area contributed by atoms with Gasteiger partial charge in [-0.15, -0.1) is 6.58 Å². The Morgan fingerprint density at radius 1 is 1.54 bits per heavy atom. The highest BCUT2D eigenvalue weighted by atomic mass is 16.5. The molecule has 0 bridgehead atoms. The fraction of sp³-hybridized carbons (Fsp3) is 0.333. The van der Waals surface area contributed by atoms with Gasteiger partial charge in [-0.25, -0.2) is 0 Å². The first kappa shape index (κ1) is 9.85. The van der Waals surface area contributed by atoms with Crippen molar-refractivity contribution in [3.05, 3.63) is 42.5 Å². The first-order chi connectivity index (χ1) is 6.26. The Balaban J connectivity index is 2.71. The molecule has 0 radical (unpaired) electrons. The van der Waals surface area contributed by atoms with E-state index in [9.17, 15) is 0 Å². The first-order valence-electron chi connectivity index (χ1n) is 4.51. The number of benzene rings is 1. The molecule has 0 fully saturated rings. The van der Waals surface area contributed by atoms with E-state index in [0.29, 0.717) is 5.92 Å². The quantitative estimate of drug-likeness (QED) is 0.641. The van der Waals surface area contributed by atoms with E-state index in [4.69, 9.17) is 4.74 Å². The SMILES string of the molecule is C=CC(C)Cc1cccc(OC)c1. The van der Waals surface area contributed by atoms with Crippen molar-refractivity contribution in [1.29, 1.82) is 0 Å². The van der Waals surface area contributed by atoms with Crippen LogP contribution < -0.4 is 4.74 Å². The van der Waals surface area contributed by atoms with E-state index in [2.05, 4.69) is 25.6 Å². The summed E-state index contributed by atoms with van der Waals surface area (Å²) in [7, 11) is 1.69. The van der Waals surface area contributed by atoms with Gasteiger partial charge >= 0.3 is 0 Å². The van der Waals surface area contributed by atoms with Crippen molar-refractivity contribution in [2.45, 2.75) is 13.3 Å². The molecule has 1 unspecified atom stereocenters. The maximum atomic E-state index is 5.14. The molecule has 13 heavy (non-hydrogen) atoms. The Kier molecular flexibility index (Phi) is 3.56. The van der Waals surface area contributed by atoms with Gasteiger partial charge in [-0.3, -0.25) is 0 Å². The third-order valence-electron chi connectivity index (χ3n) is 2.09. The zero-order valence-corrected chi connectivity index (χ0v) is 8.29. The molecule has 0 aliphatic rings. The summed E-state index contributed by atoms with van der Waals surface area (Å²) in [6, 6.07) is 8.16. The number of hydrogen-bond acceptors (Lipinski definition) is 1. The molecule has 0 saturated carbocycles. The second-order valence-electron chi connectivity index (χ2n) is 3.27. The van der Waals surface area contributed by atoms with Crippen molar-refractivity contribution in [2.24, 2.45) is 5.92 Å². The van der Waals surface area contributed by atoms with Crippen molar-refractivity contribution in [3.8, 4) is 5.75 Å². The molecule has 1 aromatic carbocycles. The van der Waals surface area contributed by atoms with E-state index in [-0.39, 0.29) is 0 Å². The first-order valence-corrected chi connectivity index (χ1v) is 4.51. The monoisotopic (exact) mass is 176 g/mol. The van der Waals surface area contributed by atoms with Gasteiger partial charge in [0, 0.05) is 0 Å². The van der Waals surface area contributed by atoms with Crippen molar-refractivity contribution in [3.63, 3.8) is 0 Å². The van der Waals surface area contributed by atoms with Crippen LogP contribution in [-0.2, 0) is 6.42 Å². The van der Waals surface area contributed by atoms with E-state index in [1.165, 1.54) is 5.56 Å². The summed E-state index contributed by atoms with van der Waals surface area (Å²) in [6.07, 6.45) is 3.00. The molecule has 0 amide bonds. The summed E-state index contributed by atoms with van der Waals surface area (Å²) in [6.45, 7) is 5.93. The minimum atomic E-state index is 0.520. The van der Waals surface area contributed by atoms with Crippen LogP contribution in [-0.4, -0.2) is 7.11 Å². The van der Waals surface area contributed by atoms with Crippen LogP contribution in [0.3, 0.4) is 0 Å². The van der Waals surface area contributed by atoms with Crippen LogP contribution >= 0.6 is 0 Å². The third kappa shape index (κ3) is 2.94. The van der Waals surface area contributed by atoms with E-state index in [1.54, 1.807) is 7.11 Å². The summed E-state index contributed by atoms with van der Waals surface area (Å²) in [5.74, 6) is 1.45. The summed E-state index contributed by atoms with van der Waals surface area (Å²) >= 11 is 0. The van der Waals surface area contributed by atoms with Crippen LogP contribution in [0.2, 0.25) is 0 Å². The van der Waals surface area contributed by atoms with Gasteiger partial charge in [0.1, 0.15) is 5.75 Å². The highest BCUT2D eigenvalue weighted by molar-refractivity contribution is 5.28. The number of allylic oxidation sites excluding steroid dienone is 1. The second-order valence-corrected chi connectivity index (χ2v) is 3.27. The van der Waals surface area contributed by atoms with Crippen LogP contribution in [0.4, 0.5) is 0 Å². The number of methoxy groups -OCH3 is 1. The molecule has 0 spiro atoms. The van der Waals surface area contributed by atoms with Gasteiger partial charge in [0.05, 0.1) is 7.11 Å². The average Bonchev–Trinajstić information content (AvgIpc) is 2.18. The van der Waals surface area contributed by atoms with Gasteiger partial charge in [-0.2, -0.15) is 0 Å². The lowest BCUT2D eigenvalue weighted by Gasteiger charge is -2.07. The van der Waals surface area contributed by atoms with Crippen LogP contribution in [0.5, 0.6) is 5.75 Å². The summed E-state index contributed by atoms with van der Waals surface area (Å²) in [4.78, 5) is 0. The van der Waals surface area contributed by atoms with Gasteiger partial charge in [-0.05, 0) is 30.0 Å². The third-order valence-corrected chi connectivity index (χ3v) is 2.09. The van der Waals surface area contributed by atoms with Crippen molar-refractivity contribution in [2.75, 3.05) is 7.11 Å². The van der Waals surface area contributed by atoms with Crippen LogP contribution in [0.25, 0.3) is 0 Å². The highest BCUT2D eigenvalue weighted by Gasteiger charge is 1.99. The lowest BCUT2D eigenvalue weighted by Crippen LogP contribution is -1.95.